The molecule has 0 aliphatic carbocycles. The first-order valence-corrected chi connectivity index (χ1v) is 10.6. The van der Waals surface area contributed by atoms with E-state index in [0.717, 1.165) is 56.9 Å². The number of benzene rings is 2. The average Bonchev–Trinajstić information content (AvgIpc) is 3.38. The van der Waals surface area contributed by atoms with Crippen LogP contribution in [0.15, 0.2) is 73.1 Å². The van der Waals surface area contributed by atoms with Crippen LogP contribution in [0.2, 0.25) is 0 Å². The number of hydrogen-bond donors (Lipinski definition) is 2. The maximum Gasteiger partial charge on any atom is 0.138 e. The molecule has 2 aromatic carbocycles. The zero-order valence-corrected chi connectivity index (χ0v) is 18.5. The van der Waals surface area contributed by atoms with E-state index in [2.05, 4.69) is 71.6 Å². The zero-order chi connectivity index (χ0) is 22.2. The number of H-pyrrole nitrogens is 1. The van der Waals surface area contributed by atoms with Gasteiger partial charge in [-0.2, -0.15) is 5.10 Å². The Labute approximate surface area is 187 Å². The summed E-state index contributed by atoms with van der Waals surface area (Å²) in [6.45, 7) is 0.924. The molecule has 0 saturated carbocycles. The van der Waals surface area contributed by atoms with Gasteiger partial charge in [-0.1, -0.05) is 36.4 Å². The first-order chi connectivity index (χ1) is 15.5. The van der Waals surface area contributed by atoms with E-state index in [0.29, 0.717) is 0 Å². The second-order valence-electron chi connectivity index (χ2n) is 8.43. The van der Waals surface area contributed by atoms with Gasteiger partial charge < -0.3 is 15.6 Å². The smallest absolute Gasteiger partial charge is 0.138 e. The minimum absolute atomic E-state index is 0.740. The molecule has 0 saturated heterocycles. The van der Waals surface area contributed by atoms with Crippen LogP contribution in [0.1, 0.15) is 5.56 Å². The summed E-state index contributed by atoms with van der Waals surface area (Å²) in [5.74, 6) is 0. The van der Waals surface area contributed by atoms with E-state index < -0.39 is 0 Å². The molecule has 3 heterocycles. The van der Waals surface area contributed by atoms with Gasteiger partial charge in [-0.05, 0) is 55.1 Å². The van der Waals surface area contributed by atoms with Crippen LogP contribution in [0, 0.1) is 0 Å². The summed E-state index contributed by atoms with van der Waals surface area (Å²) in [7, 11) is 6.10. The molecule has 0 aliphatic heterocycles. The second kappa shape index (κ2) is 7.98. The first-order valence-electron chi connectivity index (χ1n) is 10.6. The Bertz CT molecular complexity index is 1370. The van der Waals surface area contributed by atoms with Crippen molar-refractivity contribution in [2.45, 2.75) is 6.54 Å². The maximum absolute atomic E-state index is 5.88. The van der Waals surface area contributed by atoms with E-state index in [1.807, 2.05) is 42.2 Å². The molecular formula is C26H26N6. The molecule has 0 unspecified atom stereocenters. The number of nitrogens with two attached hydrogens (primary N) is 1. The lowest BCUT2D eigenvalue weighted by Gasteiger charge is -2.09. The lowest BCUT2D eigenvalue weighted by Crippen LogP contribution is -2.10. The number of aromatic amines is 1. The molecule has 5 aromatic rings. The number of hydrogen-bond acceptors (Lipinski definition) is 4. The van der Waals surface area contributed by atoms with Crippen LogP contribution in [-0.4, -0.2) is 38.7 Å². The predicted molar refractivity (Wildman–Crippen MR) is 131 cm³/mol. The summed E-state index contributed by atoms with van der Waals surface area (Å²) in [6, 6.07) is 20.7. The van der Waals surface area contributed by atoms with Crippen molar-refractivity contribution in [1.29, 1.82) is 0 Å². The number of anilines is 1. The van der Waals surface area contributed by atoms with Crippen LogP contribution in [0.4, 0.5) is 5.69 Å². The summed E-state index contributed by atoms with van der Waals surface area (Å²) in [5.41, 5.74) is 15.1. The Kier molecular flexibility index (Phi) is 4.99. The van der Waals surface area contributed by atoms with Gasteiger partial charge in [0, 0.05) is 53.9 Å². The van der Waals surface area contributed by atoms with Crippen molar-refractivity contribution in [1.82, 2.24) is 24.6 Å². The number of nitrogens with one attached hydrogen (secondary N) is 1. The molecule has 3 aromatic heterocycles. The number of aromatic nitrogens is 4. The Morgan fingerprint density at radius 3 is 2.38 bits per heavy atom. The van der Waals surface area contributed by atoms with Crippen LogP contribution in [-0.2, 0) is 13.6 Å². The number of fused-ring (bicyclic) bond motifs is 1. The Morgan fingerprint density at radius 2 is 1.66 bits per heavy atom. The fourth-order valence-corrected chi connectivity index (χ4v) is 4.11. The monoisotopic (exact) mass is 422 g/mol. The van der Waals surface area contributed by atoms with Crippen molar-refractivity contribution in [3.05, 3.63) is 78.6 Å². The largest absolute Gasteiger partial charge is 0.399 e. The Balaban J connectivity index is 1.59. The van der Waals surface area contributed by atoms with Crippen molar-refractivity contribution in [3.63, 3.8) is 0 Å². The predicted octanol–water partition coefficient (Wildman–Crippen LogP) is 4.94. The van der Waals surface area contributed by atoms with Crippen LogP contribution in [0.3, 0.4) is 0 Å². The van der Waals surface area contributed by atoms with Crippen molar-refractivity contribution in [2.75, 3.05) is 19.8 Å². The number of rotatable bonds is 5. The van der Waals surface area contributed by atoms with E-state index in [1.165, 1.54) is 5.56 Å². The molecule has 160 valence electrons. The normalized spacial score (nSPS) is 11.5. The molecule has 0 radical (unpaired) electrons. The summed E-state index contributed by atoms with van der Waals surface area (Å²) in [5, 5.41) is 5.81. The molecule has 6 heteroatoms. The fraction of sp³-hybridized carbons (Fsp3) is 0.154. The van der Waals surface area contributed by atoms with Gasteiger partial charge in [-0.3, -0.25) is 4.68 Å². The molecule has 3 N–H and O–H groups in total. The third-order valence-corrected chi connectivity index (χ3v) is 5.60. The van der Waals surface area contributed by atoms with Crippen molar-refractivity contribution < 1.29 is 0 Å². The third-order valence-electron chi connectivity index (χ3n) is 5.60. The van der Waals surface area contributed by atoms with Gasteiger partial charge in [0.05, 0.1) is 0 Å². The number of nitrogens with zero attached hydrogens (tertiary/aromatic N) is 4. The standard InChI is InChI=1S/C26H26N6/c1-31(2)15-17-4-6-18(7-5-17)24-14-22-21(12-13-28-26(22)29-24)23-16-32(3)30-25(23)19-8-10-20(27)11-9-19/h4-14,16H,15,27H2,1-3H3,(H,28,29). The van der Waals surface area contributed by atoms with Crippen molar-refractivity contribution in [3.8, 4) is 33.6 Å². The summed E-state index contributed by atoms with van der Waals surface area (Å²) in [4.78, 5) is 10.2. The van der Waals surface area contributed by atoms with Crippen molar-refractivity contribution in [2.24, 2.45) is 7.05 Å². The molecule has 0 aliphatic rings. The highest BCUT2D eigenvalue weighted by molar-refractivity contribution is 5.99. The van der Waals surface area contributed by atoms with Gasteiger partial charge in [0.25, 0.3) is 0 Å². The van der Waals surface area contributed by atoms with Crippen LogP contribution >= 0.6 is 0 Å². The lowest BCUT2D eigenvalue weighted by molar-refractivity contribution is 0.402. The number of nitrogen functional groups attached to an aromatic ring is 1. The molecule has 0 spiro atoms. The van der Waals surface area contributed by atoms with Gasteiger partial charge in [0.2, 0.25) is 0 Å². The van der Waals surface area contributed by atoms with Gasteiger partial charge in [0.15, 0.2) is 0 Å². The van der Waals surface area contributed by atoms with Crippen LogP contribution < -0.4 is 5.73 Å². The molecule has 0 fully saturated rings. The quantitative estimate of drug-likeness (QED) is 0.393. The van der Waals surface area contributed by atoms with Gasteiger partial charge in [0.1, 0.15) is 11.3 Å². The molecule has 0 bridgehead atoms. The van der Waals surface area contributed by atoms with E-state index in [4.69, 9.17) is 10.8 Å². The number of pyridine rings is 1. The lowest BCUT2D eigenvalue weighted by atomic mass is 10.00. The third kappa shape index (κ3) is 3.76. The topological polar surface area (TPSA) is 75.8 Å². The first kappa shape index (κ1) is 20.0. The number of aryl methyl sites for hydroxylation is 1. The molecular weight excluding hydrogens is 396 g/mol. The highest BCUT2D eigenvalue weighted by Gasteiger charge is 2.16. The maximum atomic E-state index is 5.88. The van der Waals surface area contributed by atoms with E-state index in [9.17, 15) is 0 Å². The van der Waals surface area contributed by atoms with E-state index in [-0.39, 0.29) is 0 Å². The van der Waals surface area contributed by atoms with Crippen molar-refractivity contribution >= 4 is 16.7 Å². The minimum atomic E-state index is 0.740. The Morgan fingerprint density at radius 1 is 0.938 bits per heavy atom. The molecule has 6 nitrogen and oxygen atoms in total. The SMILES string of the molecule is CN(C)Cc1ccc(-c2cc3c(-c4cn(C)nc4-c4ccc(N)cc4)ccnc3[nH]2)cc1. The Hall–Kier alpha value is -3.90. The molecule has 5 rings (SSSR count). The van der Waals surface area contributed by atoms with Gasteiger partial charge in [-0.25, -0.2) is 4.98 Å². The summed E-state index contributed by atoms with van der Waals surface area (Å²) in [6.07, 6.45) is 3.90. The zero-order valence-electron chi connectivity index (χ0n) is 18.5. The van der Waals surface area contributed by atoms with Gasteiger partial charge in [-0.15, -0.1) is 0 Å². The molecule has 0 amide bonds. The van der Waals surface area contributed by atoms with Crippen LogP contribution in [0.5, 0.6) is 0 Å². The molecule has 0 atom stereocenters. The van der Waals surface area contributed by atoms with Crippen LogP contribution in [0.25, 0.3) is 44.7 Å². The fourth-order valence-electron chi connectivity index (χ4n) is 4.11. The minimum Gasteiger partial charge on any atom is -0.399 e. The van der Waals surface area contributed by atoms with Gasteiger partial charge >= 0.3 is 0 Å². The van der Waals surface area contributed by atoms with E-state index >= 15 is 0 Å². The van der Waals surface area contributed by atoms with E-state index in [1.54, 1.807) is 0 Å². The molecule has 32 heavy (non-hydrogen) atoms. The highest BCUT2D eigenvalue weighted by Crippen LogP contribution is 2.36. The highest BCUT2D eigenvalue weighted by atomic mass is 15.3. The second-order valence-corrected chi connectivity index (χ2v) is 8.43. The summed E-state index contributed by atoms with van der Waals surface area (Å²) >= 11 is 0. The average molecular weight is 423 g/mol. The summed E-state index contributed by atoms with van der Waals surface area (Å²) < 4.78 is 1.85.